The third-order valence-electron chi connectivity index (χ3n) is 4.60. The number of hydrogen-bond acceptors (Lipinski definition) is 2. The van der Waals surface area contributed by atoms with E-state index in [1.807, 2.05) is 6.20 Å². The Morgan fingerprint density at radius 2 is 1.84 bits per heavy atom. The summed E-state index contributed by atoms with van der Waals surface area (Å²) in [5, 5.41) is 1.20. The Morgan fingerprint density at radius 1 is 1.12 bits per heavy atom. The average Bonchev–Trinajstić information content (AvgIpc) is 2.82. The van der Waals surface area contributed by atoms with Gasteiger partial charge in [0.2, 0.25) is 5.88 Å². The number of pyridine rings is 1. The molecule has 0 spiro atoms. The summed E-state index contributed by atoms with van der Waals surface area (Å²) in [6.45, 7) is 10.2. The van der Waals surface area contributed by atoms with E-state index < -0.39 is 0 Å². The molecule has 4 heteroatoms. The Bertz CT molecular complexity index is 866. The van der Waals surface area contributed by atoms with E-state index in [0.717, 1.165) is 24.0 Å². The van der Waals surface area contributed by atoms with Gasteiger partial charge in [-0.25, -0.2) is 9.37 Å². The Labute approximate surface area is 148 Å². The highest BCUT2D eigenvalue weighted by molar-refractivity contribution is 5.88. The van der Waals surface area contributed by atoms with Gasteiger partial charge in [0.1, 0.15) is 11.3 Å². The number of hydrogen-bond donors (Lipinski definition) is 0. The van der Waals surface area contributed by atoms with Gasteiger partial charge >= 0.3 is 0 Å². The molecule has 1 aromatic carbocycles. The number of rotatable bonds is 6. The first-order chi connectivity index (χ1) is 12.0. The average molecular weight is 340 g/mol. The Kier molecular flexibility index (Phi) is 5.07. The Morgan fingerprint density at radius 3 is 2.52 bits per heavy atom. The van der Waals surface area contributed by atoms with Crippen molar-refractivity contribution in [3.8, 4) is 5.88 Å². The van der Waals surface area contributed by atoms with Crippen LogP contribution in [0.25, 0.3) is 10.9 Å². The van der Waals surface area contributed by atoms with Crippen molar-refractivity contribution in [2.24, 2.45) is 5.92 Å². The van der Waals surface area contributed by atoms with Crippen LogP contribution in [0.5, 0.6) is 5.88 Å². The van der Waals surface area contributed by atoms with Crippen LogP contribution in [0.15, 0.2) is 36.5 Å². The van der Waals surface area contributed by atoms with Crippen LogP contribution in [0.4, 0.5) is 4.39 Å². The summed E-state index contributed by atoms with van der Waals surface area (Å²) in [5.74, 6) is 1.01. The lowest BCUT2D eigenvalue weighted by molar-refractivity contribution is 0.311. The van der Waals surface area contributed by atoms with E-state index in [1.54, 1.807) is 12.1 Å². The van der Waals surface area contributed by atoms with Crippen LogP contribution < -0.4 is 4.74 Å². The number of fused-ring (bicyclic) bond motifs is 1. The van der Waals surface area contributed by atoms with E-state index in [1.165, 1.54) is 28.8 Å². The maximum atomic E-state index is 13.0. The highest BCUT2D eigenvalue weighted by atomic mass is 19.1. The standard InChI is InChI=1S/C21H25FN2O/c1-14(2)13-24-16(4)15(3)19-9-11-23-21(20(19)24)25-12-10-17-5-7-18(22)8-6-17/h5-9,11,14H,10,12-13H2,1-4H3. The van der Waals surface area contributed by atoms with Crippen LogP contribution in [0.2, 0.25) is 0 Å². The summed E-state index contributed by atoms with van der Waals surface area (Å²) < 4.78 is 21.3. The van der Waals surface area contributed by atoms with E-state index in [2.05, 4.69) is 43.3 Å². The van der Waals surface area contributed by atoms with Crippen molar-refractivity contribution < 1.29 is 9.13 Å². The summed E-state index contributed by atoms with van der Waals surface area (Å²) in [5.41, 5.74) is 4.67. The van der Waals surface area contributed by atoms with E-state index in [-0.39, 0.29) is 5.82 Å². The molecule has 0 saturated heterocycles. The number of aromatic nitrogens is 2. The van der Waals surface area contributed by atoms with E-state index in [9.17, 15) is 4.39 Å². The molecule has 3 aromatic rings. The van der Waals surface area contributed by atoms with Crippen LogP contribution in [-0.4, -0.2) is 16.2 Å². The second kappa shape index (κ2) is 7.26. The highest BCUT2D eigenvalue weighted by Gasteiger charge is 2.16. The number of benzene rings is 1. The topological polar surface area (TPSA) is 27.1 Å². The molecule has 0 radical (unpaired) electrons. The lowest BCUT2D eigenvalue weighted by Crippen LogP contribution is -2.09. The molecule has 0 fully saturated rings. The van der Waals surface area contributed by atoms with E-state index >= 15 is 0 Å². The molecular weight excluding hydrogens is 315 g/mol. The fourth-order valence-electron chi connectivity index (χ4n) is 3.18. The summed E-state index contributed by atoms with van der Waals surface area (Å²) >= 11 is 0. The fourth-order valence-corrected chi connectivity index (χ4v) is 3.18. The molecule has 0 aliphatic rings. The van der Waals surface area contributed by atoms with Gasteiger partial charge in [-0.3, -0.25) is 0 Å². The van der Waals surface area contributed by atoms with Gasteiger partial charge in [0.25, 0.3) is 0 Å². The van der Waals surface area contributed by atoms with Gasteiger partial charge in [-0.1, -0.05) is 26.0 Å². The van der Waals surface area contributed by atoms with Gasteiger partial charge in [0.15, 0.2) is 0 Å². The first-order valence-corrected chi connectivity index (χ1v) is 8.79. The molecule has 2 aromatic heterocycles. The maximum Gasteiger partial charge on any atom is 0.238 e. The van der Waals surface area contributed by atoms with Crippen LogP contribution in [-0.2, 0) is 13.0 Å². The normalized spacial score (nSPS) is 11.4. The zero-order chi connectivity index (χ0) is 18.0. The minimum Gasteiger partial charge on any atom is -0.476 e. The van der Waals surface area contributed by atoms with Gasteiger partial charge in [-0.05, 0) is 49.1 Å². The molecule has 0 unspecified atom stereocenters. The van der Waals surface area contributed by atoms with Crippen LogP contribution in [0.1, 0.15) is 30.7 Å². The first kappa shape index (κ1) is 17.5. The van der Waals surface area contributed by atoms with Crippen molar-refractivity contribution in [1.82, 2.24) is 9.55 Å². The number of nitrogens with zero attached hydrogens (tertiary/aromatic N) is 2. The third kappa shape index (κ3) is 3.68. The molecule has 0 N–H and O–H groups in total. The van der Waals surface area contributed by atoms with Crippen molar-refractivity contribution in [2.75, 3.05) is 6.61 Å². The minimum absolute atomic E-state index is 0.214. The Hall–Kier alpha value is -2.36. The molecule has 3 rings (SSSR count). The van der Waals surface area contributed by atoms with Crippen molar-refractivity contribution in [3.05, 3.63) is 59.2 Å². The summed E-state index contributed by atoms with van der Waals surface area (Å²) in [6, 6.07) is 8.61. The predicted octanol–water partition coefficient (Wildman–Crippen LogP) is 5.07. The summed E-state index contributed by atoms with van der Waals surface area (Å²) in [4.78, 5) is 4.47. The molecule has 0 aliphatic carbocycles. The molecule has 2 heterocycles. The van der Waals surface area contributed by atoms with Gasteiger partial charge in [-0.15, -0.1) is 0 Å². The fraction of sp³-hybridized carbons (Fsp3) is 0.381. The minimum atomic E-state index is -0.214. The molecule has 25 heavy (non-hydrogen) atoms. The van der Waals surface area contributed by atoms with Crippen LogP contribution in [0.3, 0.4) is 0 Å². The molecule has 0 atom stereocenters. The molecule has 132 valence electrons. The zero-order valence-corrected chi connectivity index (χ0v) is 15.3. The smallest absolute Gasteiger partial charge is 0.238 e. The number of aryl methyl sites for hydroxylation is 1. The van der Waals surface area contributed by atoms with E-state index in [4.69, 9.17) is 4.74 Å². The quantitative estimate of drug-likeness (QED) is 0.626. The summed E-state index contributed by atoms with van der Waals surface area (Å²) in [7, 11) is 0. The SMILES string of the molecule is Cc1c(C)n(CC(C)C)c2c(OCCc3ccc(F)cc3)nccc12. The van der Waals surface area contributed by atoms with Crippen molar-refractivity contribution >= 4 is 10.9 Å². The lowest BCUT2D eigenvalue weighted by Gasteiger charge is -2.13. The first-order valence-electron chi connectivity index (χ1n) is 8.79. The van der Waals surface area contributed by atoms with Crippen molar-refractivity contribution in [2.45, 2.75) is 40.7 Å². The second-order valence-electron chi connectivity index (χ2n) is 6.95. The predicted molar refractivity (Wildman–Crippen MR) is 99.6 cm³/mol. The number of ether oxygens (including phenoxy) is 1. The highest BCUT2D eigenvalue weighted by Crippen LogP contribution is 2.31. The van der Waals surface area contributed by atoms with Crippen molar-refractivity contribution in [3.63, 3.8) is 0 Å². The monoisotopic (exact) mass is 340 g/mol. The number of halogens is 1. The van der Waals surface area contributed by atoms with Gasteiger partial charge in [0, 0.05) is 30.2 Å². The van der Waals surface area contributed by atoms with Crippen molar-refractivity contribution in [1.29, 1.82) is 0 Å². The van der Waals surface area contributed by atoms with Gasteiger partial charge < -0.3 is 9.30 Å². The van der Waals surface area contributed by atoms with Gasteiger partial charge in [0.05, 0.1) is 6.61 Å². The molecule has 0 saturated carbocycles. The lowest BCUT2D eigenvalue weighted by atomic mass is 10.1. The molecule has 0 aliphatic heterocycles. The third-order valence-corrected chi connectivity index (χ3v) is 4.60. The molecule has 3 nitrogen and oxygen atoms in total. The summed E-state index contributed by atoms with van der Waals surface area (Å²) in [6.07, 6.45) is 2.53. The largest absolute Gasteiger partial charge is 0.476 e. The van der Waals surface area contributed by atoms with E-state index in [0.29, 0.717) is 18.4 Å². The molecular formula is C21H25FN2O. The van der Waals surface area contributed by atoms with Crippen LogP contribution >= 0.6 is 0 Å². The zero-order valence-electron chi connectivity index (χ0n) is 15.3. The van der Waals surface area contributed by atoms with Gasteiger partial charge in [-0.2, -0.15) is 0 Å². The Balaban J connectivity index is 1.85. The molecule has 0 amide bonds. The maximum absolute atomic E-state index is 13.0. The molecule has 0 bridgehead atoms. The second-order valence-corrected chi connectivity index (χ2v) is 6.95. The van der Waals surface area contributed by atoms with Crippen LogP contribution in [0, 0.1) is 25.6 Å².